The molecule has 8 nitrogen and oxygen atoms in total. The first-order valence-electron chi connectivity index (χ1n) is 9.77. The highest BCUT2D eigenvalue weighted by Crippen LogP contribution is 2.42. The molecule has 166 valence electrons. The van der Waals surface area contributed by atoms with Gasteiger partial charge in [-0.1, -0.05) is 23.7 Å². The molecule has 0 bridgehead atoms. The van der Waals surface area contributed by atoms with Crippen LogP contribution in [0, 0.1) is 5.82 Å². The predicted molar refractivity (Wildman–Crippen MR) is 119 cm³/mol. The van der Waals surface area contributed by atoms with E-state index in [0.29, 0.717) is 27.5 Å². The summed E-state index contributed by atoms with van der Waals surface area (Å²) in [6.07, 6.45) is -1.38. The number of aliphatic hydroxyl groups is 1. The molecule has 5 rings (SSSR count). The highest BCUT2D eigenvalue weighted by Gasteiger charge is 2.37. The van der Waals surface area contributed by atoms with Crippen molar-refractivity contribution < 1.29 is 14.2 Å². The first-order chi connectivity index (χ1) is 15.3. The number of ether oxygens (including phenoxy) is 1. The number of hydrogen-bond donors (Lipinski definition) is 1. The lowest BCUT2D eigenvalue weighted by atomic mass is 10.1. The molecule has 1 aliphatic heterocycles. The maximum Gasteiger partial charge on any atom is 0.331 e. The molecule has 4 heterocycles. The fraction of sp³-hybridized carbons (Fsp3) is 0.286. The molecule has 0 radical (unpaired) electrons. The van der Waals surface area contributed by atoms with Crippen LogP contribution >= 0.6 is 22.9 Å². The van der Waals surface area contributed by atoms with E-state index in [0.717, 1.165) is 4.57 Å². The first kappa shape index (κ1) is 21.1. The second-order valence-electron chi connectivity index (χ2n) is 7.61. The molecule has 1 N–H and O–H groups in total. The van der Waals surface area contributed by atoms with E-state index in [-0.39, 0.29) is 23.7 Å². The number of fused-ring (bicyclic) bond motifs is 3. The van der Waals surface area contributed by atoms with Gasteiger partial charge in [0.1, 0.15) is 16.0 Å². The van der Waals surface area contributed by atoms with Crippen LogP contribution in [0.4, 0.5) is 4.39 Å². The normalized spacial score (nSPS) is 18.3. The second-order valence-corrected chi connectivity index (χ2v) is 8.89. The van der Waals surface area contributed by atoms with Gasteiger partial charge in [-0.2, -0.15) is 0 Å². The fourth-order valence-electron chi connectivity index (χ4n) is 4.30. The topological polar surface area (TPSA) is 91.3 Å². The van der Waals surface area contributed by atoms with E-state index in [1.165, 1.54) is 35.1 Å². The Balaban J connectivity index is 1.97. The Morgan fingerprint density at radius 1 is 1.31 bits per heavy atom. The van der Waals surface area contributed by atoms with Gasteiger partial charge < -0.3 is 14.4 Å². The molecule has 1 aromatic carbocycles. The van der Waals surface area contributed by atoms with Crippen LogP contribution in [0.2, 0.25) is 5.15 Å². The van der Waals surface area contributed by atoms with Crippen molar-refractivity contribution in [2.75, 3.05) is 6.61 Å². The summed E-state index contributed by atoms with van der Waals surface area (Å²) < 4.78 is 24.5. The summed E-state index contributed by atoms with van der Waals surface area (Å²) in [7, 11) is 2.98. The second kappa shape index (κ2) is 7.66. The van der Waals surface area contributed by atoms with Crippen LogP contribution in [0.5, 0.6) is 0 Å². The third-order valence-corrected chi connectivity index (χ3v) is 6.90. The van der Waals surface area contributed by atoms with Crippen LogP contribution in [0.1, 0.15) is 16.8 Å². The van der Waals surface area contributed by atoms with E-state index in [2.05, 4.69) is 4.98 Å². The summed E-state index contributed by atoms with van der Waals surface area (Å²) in [5.41, 5.74) is 0.853. The molecule has 2 atom stereocenters. The Kier molecular flexibility index (Phi) is 5.05. The Labute approximate surface area is 189 Å². The van der Waals surface area contributed by atoms with Crippen LogP contribution in [0.25, 0.3) is 22.2 Å². The Hall–Kier alpha value is -2.79. The molecule has 0 aliphatic carbocycles. The predicted octanol–water partition coefficient (Wildman–Crippen LogP) is 2.44. The van der Waals surface area contributed by atoms with Gasteiger partial charge in [-0.05, 0) is 12.1 Å². The van der Waals surface area contributed by atoms with Gasteiger partial charge in [0.15, 0.2) is 6.10 Å². The summed E-state index contributed by atoms with van der Waals surface area (Å²) in [5, 5.41) is 12.6. The number of aromatic nitrogens is 4. The van der Waals surface area contributed by atoms with Crippen molar-refractivity contribution in [3.63, 3.8) is 0 Å². The molecule has 3 aromatic heterocycles. The number of hydrogen-bond acceptors (Lipinski definition) is 6. The summed E-state index contributed by atoms with van der Waals surface area (Å²) in [6.45, 7) is -0.0670. The smallest absolute Gasteiger partial charge is 0.331 e. The van der Waals surface area contributed by atoms with Crippen molar-refractivity contribution in [2.45, 2.75) is 18.8 Å². The largest absolute Gasteiger partial charge is 0.394 e. The minimum absolute atomic E-state index is 0.208. The number of thiazole rings is 1. The van der Waals surface area contributed by atoms with Gasteiger partial charge in [0.05, 0.1) is 41.5 Å². The lowest BCUT2D eigenvalue weighted by molar-refractivity contribution is -0.0517. The van der Waals surface area contributed by atoms with Crippen LogP contribution in [0.3, 0.4) is 0 Å². The minimum Gasteiger partial charge on any atom is -0.394 e. The summed E-state index contributed by atoms with van der Waals surface area (Å²) in [5.74, 6) is -0.457. The van der Waals surface area contributed by atoms with Crippen molar-refractivity contribution in [1.29, 1.82) is 0 Å². The molecule has 0 amide bonds. The minimum atomic E-state index is -0.777. The molecular formula is C21H18ClFN4O4S. The van der Waals surface area contributed by atoms with Gasteiger partial charge in [-0.3, -0.25) is 13.9 Å². The molecule has 0 unspecified atom stereocenters. The van der Waals surface area contributed by atoms with Crippen molar-refractivity contribution in [3.8, 4) is 11.3 Å². The lowest BCUT2D eigenvalue weighted by Crippen LogP contribution is -2.37. The highest BCUT2D eigenvalue weighted by molar-refractivity contribution is 7.10. The quantitative estimate of drug-likeness (QED) is 0.490. The number of halogens is 2. The van der Waals surface area contributed by atoms with E-state index in [1.54, 1.807) is 24.6 Å². The highest BCUT2D eigenvalue weighted by atomic mass is 35.5. The van der Waals surface area contributed by atoms with E-state index >= 15 is 0 Å². The van der Waals surface area contributed by atoms with Gasteiger partial charge in [0.25, 0.3) is 5.56 Å². The molecule has 0 spiro atoms. The van der Waals surface area contributed by atoms with Crippen LogP contribution < -0.4 is 11.2 Å². The van der Waals surface area contributed by atoms with Gasteiger partial charge in [0, 0.05) is 25.0 Å². The van der Waals surface area contributed by atoms with E-state index in [1.807, 2.05) is 4.57 Å². The number of nitrogens with zero attached hydrogens (tertiary/aromatic N) is 4. The SMILES string of the molecule is Cn1c(=O)c2c(-c3cccc(F)c3)n3c(c2n(C)c1=O)[C@H](c1nc(Cl)cs1)O[C@H](CO)C3. The zero-order valence-electron chi connectivity index (χ0n) is 17.1. The van der Waals surface area contributed by atoms with Crippen LogP contribution in [0.15, 0.2) is 39.2 Å². The third kappa shape index (κ3) is 3.06. The summed E-state index contributed by atoms with van der Waals surface area (Å²) in [6, 6.07) is 5.92. The number of aryl methyl sites for hydroxylation is 1. The number of rotatable bonds is 3. The average molecular weight is 477 g/mol. The lowest BCUT2D eigenvalue weighted by Gasteiger charge is -2.31. The molecule has 0 fully saturated rings. The first-order valence-corrected chi connectivity index (χ1v) is 11.0. The number of benzene rings is 1. The summed E-state index contributed by atoms with van der Waals surface area (Å²) in [4.78, 5) is 30.4. The van der Waals surface area contributed by atoms with Crippen molar-refractivity contribution in [1.82, 2.24) is 18.7 Å². The zero-order chi connectivity index (χ0) is 22.7. The Morgan fingerprint density at radius 3 is 2.75 bits per heavy atom. The van der Waals surface area contributed by atoms with Gasteiger partial charge in [-0.15, -0.1) is 11.3 Å². The van der Waals surface area contributed by atoms with Gasteiger partial charge >= 0.3 is 5.69 Å². The van der Waals surface area contributed by atoms with Crippen molar-refractivity contribution in [2.24, 2.45) is 14.1 Å². The van der Waals surface area contributed by atoms with E-state index < -0.39 is 29.3 Å². The average Bonchev–Trinajstić information content (AvgIpc) is 3.37. The Morgan fingerprint density at radius 2 is 2.09 bits per heavy atom. The molecule has 1 aliphatic rings. The molecule has 0 saturated heterocycles. The zero-order valence-corrected chi connectivity index (χ0v) is 18.7. The molecule has 11 heteroatoms. The van der Waals surface area contributed by atoms with Crippen molar-refractivity contribution >= 4 is 33.8 Å². The fourth-order valence-corrected chi connectivity index (χ4v) is 5.29. The maximum atomic E-state index is 14.2. The van der Waals surface area contributed by atoms with Crippen LogP contribution in [-0.4, -0.2) is 36.5 Å². The third-order valence-electron chi connectivity index (χ3n) is 5.69. The molecule has 32 heavy (non-hydrogen) atoms. The van der Waals surface area contributed by atoms with Gasteiger partial charge in [0.2, 0.25) is 0 Å². The standard InChI is InChI=1S/C21H18ClFN4O4S/c1-25-16-14(20(29)26(2)21(25)30)15(10-4-3-5-11(23)6-10)27-7-12(8-28)31-18(17(16)27)19-24-13(22)9-32-19/h3-6,9,12,18,28H,7-8H2,1-2H3/t12-,18+/m0/s1. The Bertz CT molecular complexity index is 1490. The van der Waals surface area contributed by atoms with E-state index in [4.69, 9.17) is 16.3 Å². The van der Waals surface area contributed by atoms with Crippen molar-refractivity contribution in [3.05, 3.63) is 72.2 Å². The number of aliphatic hydroxyl groups excluding tert-OH is 1. The monoisotopic (exact) mass is 476 g/mol. The van der Waals surface area contributed by atoms with E-state index in [9.17, 15) is 19.1 Å². The molecule has 0 saturated carbocycles. The van der Waals surface area contributed by atoms with Crippen LogP contribution in [-0.2, 0) is 25.4 Å². The molecule has 4 aromatic rings. The maximum absolute atomic E-state index is 14.2. The van der Waals surface area contributed by atoms with Gasteiger partial charge in [-0.25, -0.2) is 14.2 Å². The molecular weight excluding hydrogens is 459 g/mol. The summed E-state index contributed by atoms with van der Waals surface area (Å²) >= 11 is 7.33.